The van der Waals surface area contributed by atoms with Gasteiger partial charge in [0.15, 0.2) is 0 Å². The number of nitrogens with one attached hydrogen (secondary N) is 2. The van der Waals surface area contributed by atoms with Crippen LogP contribution in [0.25, 0.3) is 21.3 Å². The molecule has 0 atom stereocenters. The Balaban J connectivity index is 0.927. The number of halogens is 2. The average Bonchev–Trinajstić information content (AvgIpc) is 3.56. The van der Waals surface area contributed by atoms with Crippen molar-refractivity contribution in [3.63, 3.8) is 0 Å². The third-order valence-corrected chi connectivity index (χ3v) is 12.0. The summed E-state index contributed by atoms with van der Waals surface area (Å²) in [6.45, 7) is 3.52. The molecule has 0 radical (unpaired) electrons. The van der Waals surface area contributed by atoms with E-state index in [1.807, 2.05) is 54.6 Å². The lowest BCUT2D eigenvalue weighted by atomic mass is 9.73. The van der Waals surface area contributed by atoms with Crippen molar-refractivity contribution in [2.75, 3.05) is 53.3 Å². The molecule has 3 amide bonds. The fraction of sp³-hybridized carbons (Fsp3) is 0.209. The highest BCUT2D eigenvalue weighted by Gasteiger charge is 2.45. The Bertz CT molecular complexity index is 2470. The van der Waals surface area contributed by atoms with Crippen LogP contribution in [-0.4, -0.2) is 55.6 Å². The highest BCUT2D eigenvalue weighted by atomic mass is 32.1. The minimum absolute atomic E-state index is 0.201. The van der Waals surface area contributed by atoms with Crippen molar-refractivity contribution >= 4 is 62.8 Å². The van der Waals surface area contributed by atoms with Crippen LogP contribution in [-0.2, 0) is 11.2 Å². The van der Waals surface area contributed by atoms with Gasteiger partial charge < -0.3 is 25.2 Å². The van der Waals surface area contributed by atoms with E-state index in [-0.39, 0.29) is 17.2 Å². The van der Waals surface area contributed by atoms with E-state index in [4.69, 9.17) is 9.72 Å². The Morgan fingerprint density at radius 3 is 2.31 bits per heavy atom. The van der Waals surface area contributed by atoms with Gasteiger partial charge in [0.2, 0.25) is 0 Å². The quantitative estimate of drug-likeness (QED) is 0.177. The molecule has 1 spiro atoms. The van der Waals surface area contributed by atoms with E-state index in [1.165, 1.54) is 17.4 Å². The molecule has 9 nitrogen and oxygen atoms in total. The maximum atomic E-state index is 14.3. The number of aromatic nitrogens is 1. The molecule has 3 aliphatic heterocycles. The summed E-state index contributed by atoms with van der Waals surface area (Å²) in [4.78, 5) is 51.0. The van der Waals surface area contributed by atoms with Crippen LogP contribution in [0.15, 0.2) is 103 Å². The Hall–Kier alpha value is -5.98. The molecule has 276 valence electrons. The minimum Gasteiger partial charge on any atom is -0.381 e. The molecule has 55 heavy (non-hydrogen) atoms. The number of amides is 3. The number of pyridine rings is 1. The van der Waals surface area contributed by atoms with Gasteiger partial charge >= 0.3 is 0 Å². The first-order valence-corrected chi connectivity index (χ1v) is 19.0. The lowest BCUT2D eigenvalue weighted by Crippen LogP contribution is -2.59. The van der Waals surface area contributed by atoms with Crippen LogP contribution in [0.1, 0.15) is 48.8 Å². The standard InChI is InChI=1S/C43H35F2N5O4S/c44-32-8-5-9-33(45)37(32)48-41(52)36-23-28-16-19-50(35-11-4-2-7-30(35)38(28)55-36)42(53)26-12-14-29(15-13-26)46-40(51)31-22-27-6-1-3-10-34(27)47-39(31)49-24-43(25-49)17-20-54-21-18-43/h1-15,22-23H,16-21,24-25H2,(H,46,51)(H,48,52). The van der Waals surface area contributed by atoms with Gasteiger partial charge in [-0.1, -0.05) is 42.5 Å². The molecule has 2 N–H and O–H groups in total. The predicted octanol–water partition coefficient (Wildman–Crippen LogP) is 8.57. The molecular formula is C43H35F2N5O4S. The van der Waals surface area contributed by atoms with Gasteiger partial charge in [0.1, 0.15) is 23.1 Å². The second-order valence-corrected chi connectivity index (χ2v) is 15.3. The third-order valence-electron chi connectivity index (χ3n) is 10.8. The van der Waals surface area contributed by atoms with Gasteiger partial charge in [-0.25, -0.2) is 13.8 Å². The van der Waals surface area contributed by atoms with E-state index in [0.29, 0.717) is 46.2 Å². The summed E-state index contributed by atoms with van der Waals surface area (Å²) >= 11 is 1.21. The molecule has 4 aromatic carbocycles. The van der Waals surface area contributed by atoms with E-state index < -0.39 is 23.2 Å². The molecule has 2 saturated heterocycles. The molecule has 2 aromatic heterocycles. The topological polar surface area (TPSA) is 104 Å². The van der Waals surface area contributed by atoms with Crippen molar-refractivity contribution in [3.8, 4) is 10.4 Å². The number of carbonyl (C=O) groups is 3. The Kier molecular flexibility index (Phi) is 8.86. The summed E-state index contributed by atoms with van der Waals surface area (Å²) in [6, 6.07) is 29.1. The van der Waals surface area contributed by atoms with Crippen LogP contribution in [0.3, 0.4) is 0 Å². The molecule has 0 saturated carbocycles. The number of ether oxygens (including phenoxy) is 1. The average molecular weight is 756 g/mol. The van der Waals surface area contributed by atoms with Crippen molar-refractivity contribution in [3.05, 3.63) is 136 Å². The fourth-order valence-corrected chi connectivity index (χ4v) is 8.95. The molecule has 5 heterocycles. The van der Waals surface area contributed by atoms with E-state index in [1.54, 1.807) is 35.2 Å². The zero-order chi connectivity index (χ0) is 37.7. The van der Waals surface area contributed by atoms with E-state index in [0.717, 1.165) is 78.2 Å². The number of carbonyl (C=O) groups excluding carboxylic acids is 3. The predicted molar refractivity (Wildman–Crippen MR) is 210 cm³/mol. The van der Waals surface area contributed by atoms with Crippen molar-refractivity contribution in [1.82, 2.24) is 4.98 Å². The summed E-state index contributed by atoms with van der Waals surface area (Å²) in [7, 11) is 0. The highest BCUT2D eigenvalue weighted by molar-refractivity contribution is 7.17. The van der Waals surface area contributed by atoms with Crippen molar-refractivity contribution in [1.29, 1.82) is 0 Å². The van der Waals surface area contributed by atoms with Crippen LogP contribution < -0.4 is 20.4 Å². The molecule has 3 aliphatic rings. The summed E-state index contributed by atoms with van der Waals surface area (Å²) in [5, 5.41) is 6.28. The SMILES string of the molecule is O=C(Nc1c(F)cccc1F)c1cc2c(s1)-c1ccccc1N(C(=O)c1ccc(NC(=O)c3cc4ccccc4nc3N3CC4(CCOCC4)C3)cc1)CC2. The fourth-order valence-electron chi connectivity index (χ4n) is 7.81. The zero-order valence-electron chi connectivity index (χ0n) is 29.6. The first kappa shape index (κ1) is 34.8. The number of thiophene rings is 1. The molecule has 2 fully saturated rings. The third kappa shape index (κ3) is 6.51. The van der Waals surface area contributed by atoms with Gasteiger partial charge in [-0.3, -0.25) is 14.4 Å². The monoisotopic (exact) mass is 755 g/mol. The van der Waals surface area contributed by atoms with Crippen LogP contribution in [0.4, 0.5) is 31.7 Å². The molecule has 0 unspecified atom stereocenters. The molecule has 12 heteroatoms. The van der Waals surface area contributed by atoms with Crippen LogP contribution in [0, 0.1) is 17.0 Å². The molecule has 0 bridgehead atoms. The lowest BCUT2D eigenvalue weighted by molar-refractivity contribution is -0.000492. The van der Waals surface area contributed by atoms with Crippen molar-refractivity contribution in [2.45, 2.75) is 19.3 Å². The number of hydrogen-bond acceptors (Lipinski definition) is 7. The largest absolute Gasteiger partial charge is 0.381 e. The number of fused-ring (bicyclic) bond motifs is 4. The number of nitrogens with zero attached hydrogens (tertiary/aromatic N) is 3. The maximum Gasteiger partial charge on any atom is 0.265 e. The van der Waals surface area contributed by atoms with E-state index in [9.17, 15) is 23.2 Å². The van der Waals surface area contributed by atoms with Gasteiger partial charge in [0, 0.05) is 65.3 Å². The van der Waals surface area contributed by atoms with Crippen LogP contribution >= 0.6 is 11.3 Å². The van der Waals surface area contributed by atoms with Crippen LogP contribution in [0.5, 0.6) is 0 Å². The summed E-state index contributed by atoms with van der Waals surface area (Å²) in [6.07, 6.45) is 2.46. The molecule has 9 rings (SSSR count). The Morgan fingerprint density at radius 1 is 0.800 bits per heavy atom. The number of rotatable bonds is 6. The Morgan fingerprint density at radius 2 is 1.53 bits per heavy atom. The second kappa shape index (κ2) is 14.0. The summed E-state index contributed by atoms with van der Waals surface area (Å²) in [5.74, 6) is -2.15. The van der Waals surface area contributed by atoms with Crippen molar-refractivity contribution in [2.24, 2.45) is 5.41 Å². The second-order valence-electron chi connectivity index (χ2n) is 14.3. The molecular weight excluding hydrogens is 721 g/mol. The Labute approximate surface area is 319 Å². The van der Waals surface area contributed by atoms with Gasteiger partial charge in [-0.2, -0.15) is 0 Å². The normalized spacial score (nSPS) is 15.8. The summed E-state index contributed by atoms with van der Waals surface area (Å²) < 4.78 is 34.1. The van der Waals surface area contributed by atoms with Gasteiger partial charge in [-0.15, -0.1) is 11.3 Å². The highest BCUT2D eigenvalue weighted by Crippen LogP contribution is 2.44. The van der Waals surface area contributed by atoms with E-state index >= 15 is 0 Å². The first-order valence-electron chi connectivity index (χ1n) is 18.2. The number of para-hydroxylation sites is 3. The maximum absolute atomic E-state index is 14.3. The number of anilines is 4. The first-order chi connectivity index (χ1) is 26.7. The zero-order valence-corrected chi connectivity index (χ0v) is 30.4. The molecule has 0 aliphatic carbocycles. The summed E-state index contributed by atoms with van der Waals surface area (Å²) in [5.41, 5.74) is 4.34. The minimum atomic E-state index is -0.858. The number of hydrogen-bond donors (Lipinski definition) is 2. The van der Waals surface area contributed by atoms with Gasteiger partial charge in [0.25, 0.3) is 17.7 Å². The van der Waals surface area contributed by atoms with Gasteiger partial charge in [-0.05, 0) is 85.5 Å². The van der Waals surface area contributed by atoms with Crippen molar-refractivity contribution < 1.29 is 27.9 Å². The van der Waals surface area contributed by atoms with Crippen LogP contribution in [0.2, 0.25) is 0 Å². The smallest absolute Gasteiger partial charge is 0.265 e. The molecule has 6 aromatic rings. The van der Waals surface area contributed by atoms with E-state index in [2.05, 4.69) is 15.5 Å². The number of benzene rings is 4. The lowest BCUT2D eigenvalue weighted by Gasteiger charge is -2.53. The van der Waals surface area contributed by atoms with Gasteiger partial charge in [0.05, 0.1) is 21.6 Å².